The summed E-state index contributed by atoms with van der Waals surface area (Å²) in [5, 5.41) is 0. The molecule has 102 valence electrons. The standard InChI is InChI=1S/C14H17FN2OS/c15-13-4-3-11(19)9-12(13)14(18)17-7-5-16(6-8-17)10-1-2-10/h3-4,9-10,19H,1-2,5-8H2. The van der Waals surface area contributed by atoms with Gasteiger partial charge in [-0.3, -0.25) is 9.69 Å². The number of rotatable bonds is 2. The smallest absolute Gasteiger partial charge is 0.256 e. The van der Waals surface area contributed by atoms with Gasteiger partial charge in [0.1, 0.15) is 5.82 Å². The molecule has 0 aromatic heterocycles. The van der Waals surface area contributed by atoms with Gasteiger partial charge in [0, 0.05) is 37.1 Å². The normalized spacial score (nSPS) is 20.6. The van der Waals surface area contributed by atoms with Crippen LogP contribution >= 0.6 is 12.6 Å². The highest BCUT2D eigenvalue weighted by Crippen LogP contribution is 2.27. The van der Waals surface area contributed by atoms with E-state index in [1.54, 1.807) is 11.0 Å². The maximum absolute atomic E-state index is 13.7. The van der Waals surface area contributed by atoms with Gasteiger partial charge < -0.3 is 4.90 Å². The highest BCUT2D eigenvalue weighted by atomic mass is 32.1. The van der Waals surface area contributed by atoms with Crippen molar-refractivity contribution in [3.63, 3.8) is 0 Å². The van der Waals surface area contributed by atoms with Crippen molar-refractivity contribution >= 4 is 18.5 Å². The number of hydrogen-bond acceptors (Lipinski definition) is 3. The van der Waals surface area contributed by atoms with Crippen LogP contribution in [-0.2, 0) is 0 Å². The van der Waals surface area contributed by atoms with Crippen molar-refractivity contribution in [2.75, 3.05) is 26.2 Å². The third-order valence-corrected chi connectivity index (χ3v) is 4.12. The molecule has 0 atom stereocenters. The number of nitrogens with zero attached hydrogens (tertiary/aromatic N) is 2. The number of benzene rings is 1. The molecule has 0 N–H and O–H groups in total. The Labute approximate surface area is 117 Å². The van der Waals surface area contributed by atoms with E-state index < -0.39 is 5.82 Å². The molecule has 0 radical (unpaired) electrons. The van der Waals surface area contributed by atoms with Crippen LogP contribution in [0.2, 0.25) is 0 Å². The van der Waals surface area contributed by atoms with E-state index in [1.165, 1.54) is 25.0 Å². The van der Waals surface area contributed by atoms with Gasteiger partial charge >= 0.3 is 0 Å². The fraction of sp³-hybridized carbons (Fsp3) is 0.500. The lowest BCUT2D eigenvalue weighted by atomic mass is 10.1. The first-order valence-corrected chi connectivity index (χ1v) is 7.12. The Hall–Kier alpha value is -1.07. The van der Waals surface area contributed by atoms with E-state index in [2.05, 4.69) is 17.5 Å². The molecule has 1 heterocycles. The van der Waals surface area contributed by atoms with Crippen LogP contribution in [0.3, 0.4) is 0 Å². The summed E-state index contributed by atoms with van der Waals surface area (Å²) in [6.45, 7) is 3.17. The van der Waals surface area contributed by atoms with Gasteiger partial charge in [0.25, 0.3) is 5.91 Å². The van der Waals surface area contributed by atoms with Gasteiger partial charge in [-0.1, -0.05) is 0 Å². The Morgan fingerprint density at radius 2 is 1.89 bits per heavy atom. The predicted molar refractivity (Wildman–Crippen MR) is 74.2 cm³/mol. The van der Waals surface area contributed by atoms with Crippen LogP contribution in [0, 0.1) is 5.82 Å². The van der Waals surface area contributed by atoms with E-state index in [0.29, 0.717) is 18.0 Å². The lowest BCUT2D eigenvalue weighted by Crippen LogP contribution is -2.49. The maximum Gasteiger partial charge on any atom is 0.256 e. The third-order valence-electron chi connectivity index (χ3n) is 3.85. The second-order valence-corrected chi connectivity index (χ2v) is 5.74. The molecule has 0 unspecified atom stereocenters. The molecule has 19 heavy (non-hydrogen) atoms. The molecular weight excluding hydrogens is 263 g/mol. The fourth-order valence-corrected chi connectivity index (χ4v) is 2.78. The maximum atomic E-state index is 13.7. The zero-order valence-electron chi connectivity index (χ0n) is 10.7. The molecule has 0 bridgehead atoms. The molecule has 1 aliphatic heterocycles. The number of halogens is 1. The van der Waals surface area contributed by atoms with Crippen LogP contribution in [0.5, 0.6) is 0 Å². The van der Waals surface area contributed by atoms with E-state index in [9.17, 15) is 9.18 Å². The van der Waals surface area contributed by atoms with Crippen molar-refractivity contribution in [2.24, 2.45) is 0 Å². The second-order valence-electron chi connectivity index (χ2n) is 5.22. The summed E-state index contributed by atoms with van der Waals surface area (Å²) in [4.78, 5) is 17.1. The molecule has 2 fully saturated rings. The van der Waals surface area contributed by atoms with Crippen LogP contribution in [0.1, 0.15) is 23.2 Å². The molecule has 1 amide bonds. The minimum atomic E-state index is -0.465. The summed E-state index contributed by atoms with van der Waals surface area (Å²) < 4.78 is 13.7. The van der Waals surface area contributed by atoms with Crippen LogP contribution in [0.4, 0.5) is 4.39 Å². The van der Waals surface area contributed by atoms with Crippen LogP contribution in [0.25, 0.3) is 0 Å². The molecule has 1 aliphatic carbocycles. The molecule has 0 spiro atoms. The first kappa shape index (κ1) is 12.9. The van der Waals surface area contributed by atoms with Crippen molar-refractivity contribution in [1.29, 1.82) is 0 Å². The Kier molecular flexibility index (Phi) is 3.50. The van der Waals surface area contributed by atoms with E-state index >= 15 is 0 Å². The number of hydrogen-bond donors (Lipinski definition) is 1. The first-order chi connectivity index (χ1) is 9.15. The minimum absolute atomic E-state index is 0.132. The summed E-state index contributed by atoms with van der Waals surface area (Å²) in [6, 6.07) is 5.10. The number of carbonyl (C=O) groups excluding carboxylic acids is 1. The molecule has 2 aliphatic rings. The predicted octanol–water partition coefficient (Wildman–Crippen LogP) is 2.03. The third kappa shape index (κ3) is 2.77. The van der Waals surface area contributed by atoms with E-state index in [0.717, 1.165) is 19.1 Å². The second kappa shape index (κ2) is 5.13. The highest BCUT2D eigenvalue weighted by molar-refractivity contribution is 7.80. The zero-order chi connectivity index (χ0) is 13.4. The van der Waals surface area contributed by atoms with E-state index in [1.807, 2.05) is 0 Å². The number of piperazine rings is 1. The molecule has 1 saturated carbocycles. The molecule has 3 nitrogen and oxygen atoms in total. The number of amides is 1. The highest BCUT2D eigenvalue weighted by Gasteiger charge is 2.32. The molecular formula is C14H17FN2OS. The Morgan fingerprint density at radius 3 is 2.53 bits per heavy atom. The molecule has 1 aromatic carbocycles. The Bertz CT molecular complexity index is 496. The van der Waals surface area contributed by atoms with Crippen molar-refractivity contribution in [3.8, 4) is 0 Å². The molecule has 3 rings (SSSR count). The van der Waals surface area contributed by atoms with Gasteiger partial charge in [-0.15, -0.1) is 12.6 Å². The Balaban J connectivity index is 1.68. The Morgan fingerprint density at radius 1 is 1.21 bits per heavy atom. The van der Waals surface area contributed by atoms with Crippen molar-refractivity contribution in [1.82, 2.24) is 9.80 Å². The van der Waals surface area contributed by atoms with Crippen molar-refractivity contribution in [3.05, 3.63) is 29.6 Å². The quantitative estimate of drug-likeness (QED) is 0.838. The minimum Gasteiger partial charge on any atom is -0.336 e. The number of carbonyl (C=O) groups is 1. The summed E-state index contributed by atoms with van der Waals surface area (Å²) in [6.07, 6.45) is 2.56. The first-order valence-electron chi connectivity index (χ1n) is 6.67. The van der Waals surface area contributed by atoms with Crippen LogP contribution in [0.15, 0.2) is 23.1 Å². The van der Waals surface area contributed by atoms with E-state index in [-0.39, 0.29) is 11.5 Å². The van der Waals surface area contributed by atoms with E-state index in [4.69, 9.17) is 0 Å². The van der Waals surface area contributed by atoms with Gasteiger partial charge in [0.05, 0.1) is 5.56 Å². The summed E-state index contributed by atoms with van der Waals surface area (Å²) in [7, 11) is 0. The van der Waals surface area contributed by atoms with Gasteiger partial charge in [0.15, 0.2) is 0 Å². The SMILES string of the molecule is O=C(c1cc(S)ccc1F)N1CCN(C2CC2)CC1. The zero-order valence-corrected chi connectivity index (χ0v) is 11.6. The molecule has 1 aromatic rings. The van der Waals surface area contributed by atoms with Gasteiger partial charge in [-0.05, 0) is 31.0 Å². The average Bonchev–Trinajstić information content (AvgIpc) is 3.25. The lowest BCUT2D eigenvalue weighted by molar-refractivity contribution is 0.0622. The molecule has 5 heteroatoms. The van der Waals surface area contributed by atoms with Crippen molar-refractivity contribution < 1.29 is 9.18 Å². The molecule has 1 saturated heterocycles. The van der Waals surface area contributed by atoms with Crippen LogP contribution in [-0.4, -0.2) is 47.9 Å². The van der Waals surface area contributed by atoms with Gasteiger partial charge in [0.2, 0.25) is 0 Å². The summed E-state index contributed by atoms with van der Waals surface area (Å²) in [5.41, 5.74) is 0.132. The summed E-state index contributed by atoms with van der Waals surface area (Å²) in [5.74, 6) is -0.684. The lowest BCUT2D eigenvalue weighted by Gasteiger charge is -2.34. The van der Waals surface area contributed by atoms with Crippen LogP contribution < -0.4 is 0 Å². The summed E-state index contributed by atoms with van der Waals surface area (Å²) >= 11 is 4.16. The average molecular weight is 280 g/mol. The monoisotopic (exact) mass is 280 g/mol. The van der Waals surface area contributed by atoms with Crippen molar-refractivity contribution in [2.45, 2.75) is 23.8 Å². The number of thiol groups is 1. The van der Waals surface area contributed by atoms with Gasteiger partial charge in [-0.2, -0.15) is 0 Å². The topological polar surface area (TPSA) is 23.6 Å². The largest absolute Gasteiger partial charge is 0.336 e. The van der Waals surface area contributed by atoms with Gasteiger partial charge in [-0.25, -0.2) is 4.39 Å². The fourth-order valence-electron chi connectivity index (χ4n) is 2.58.